The second-order valence-electron chi connectivity index (χ2n) is 5.25. The molecule has 0 radical (unpaired) electrons. The van der Waals surface area contributed by atoms with Gasteiger partial charge in [0.1, 0.15) is 0 Å². The topological polar surface area (TPSA) is 85.4 Å². The molecule has 2 aromatic carbocycles. The Morgan fingerprint density at radius 2 is 1.96 bits per heavy atom. The van der Waals surface area contributed by atoms with Crippen LogP contribution in [0.15, 0.2) is 70.2 Å². The van der Waals surface area contributed by atoms with E-state index in [0.717, 1.165) is 17.0 Å². The number of nitrogens with one attached hydrogen (secondary N) is 1. The van der Waals surface area contributed by atoms with E-state index in [1.807, 2.05) is 30.3 Å². The van der Waals surface area contributed by atoms with Crippen LogP contribution in [0.2, 0.25) is 0 Å². The molecule has 0 fully saturated rings. The Kier molecular flexibility index (Phi) is 5.33. The first-order chi connectivity index (χ1) is 12.5. The van der Waals surface area contributed by atoms with Crippen molar-refractivity contribution in [3.63, 3.8) is 0 Å². The maximum Gasteiger partial charge on any atom is 0.306 e. The SMILES string of the molecule is O=C(Nc1ccc(F)c([N+](=O)[O-])c1)c1occc1CSc1ccccc1. The van der Waals surface area contributed by atoms with Crippen molar-refractivity contribution in [2.24, 2.45) is 0 Å². The minimum atomic E-state index is -0.967. The fourth-order valence-electron chi connectivity index (χ4n) is 2.24. The Bertz CT molecular complexity index is 943. The van der Waals surface area contributed by atoms with Crippen molar-refractivity contribution in [2.75, 3.05) is 5.32 Å². The van der Waals surface area contributed by atoms with E-state index in [-0.39, 0.29) is 11.4 Å². The van der Waals surface area contributed by atoms with Gasteiger partial charge in [0.25, 0.3) is 5.91 Å². The molecular formula is C18H13FN2O4S. The number of halogens is 1. The third-order valence-electron chi connectivity index (χ3n) is 3.49. The van der Waals surface area contributed by atoms with Crippen molar-refractivity contribution in [1.82, 2.24) is 0 Å². The van der Waals surface area contributed by atoms with Crippen molar-refractivity contribution in [2.45, 2.75) is 10.6 Å². The molecule has 1 heterocycles. The van der Waals surface area contributed by atoms with Gasteiger partial charge >= 0.3 is 5.69 Å². The van der Waals surface area contributed by atoms with Crippen LogP contribution in [0, 0.1) is 15.9 Å². The largest absolute Gasteiger partial charge is 0.459 e. The van der Waals surface area contributed by atoms with Gasteiger partial charge in [0.15, 0.2) is 5.76 Å². The number of thioether (sulfide) groups is 1. The quantitative estimate of drug-likeness (QED) is 0.379. The van der Waals surface area contributed by atoms with E-state index >= 15 is 0 Å². The number of carbonyl (C=O) groups excluding carboxylic acids is 1. The molecule has 0 saturated heterocycles. The Balaban J connectivity index is 1.72. The van der Waals surface area contributed by atoms with E-state index in [1.165, 1.54) is 12.3 Å². The number of hydrogen-bond donors (Lipinski definition) is 1. The van der Waals surface area contributed by atoms with Crippen LogP contribution >= 0.6 is 11.8 Å². The molecular weight excluding hydrogens is 359 g/mol. The predicted molar refractivity (Wildman–Crippen MR) is 95.7 cm³/mol. The highest BCUT2D eigenvalue weighted by atomic mass is 32.2. The molecule has 0 bridgehead atoms. The fraction of sp³-hybridized carbons (Fsp3) is 0.0556. The molecule has 0 aliphatic heterocycles. The number of furan rings is 1. The fourth-order valence-corrected chi connectivity index (χ4v) is 3.14. The van der Waals surface area contributed by atoms with Crippen molar-refractivity contribution in [1.29, 1.82) is 0 Å². The third-order valence-corrected chi connectivity index (χ3v) is 4.55. The Morgan fingerprint density at radius 3 is 2.69 bits per heavy atom. The summed E-state index contributed by atoms with van der Waals surface area (Å²) < 4.78 is 18.6. The summed E-state index contributed by atoms with van der Waals surface area (Å²) in [6.07, 6.45) is 1.41. The summed E-state index contributed by atoms with van der Waals surface area (Å²) in [5, 5.41) is 13.3. The molecule has 1 aromatic heterocycles. The minimum absolute atomic E-state index is 0.111. The normalized spacial score (nSPS) is 10.5. The molecule has 3 aromatic rings. The molecule has 0 atom stereocenters. The maximum atomic E-state index is 13.4. The second-order valence-corrected chi connectivity index (χ2v) is 6.30. The molecule has 8 heteroatoms. The number of nitrogens with zero attached hydrogens (tertiary/aromatic N) is 1. The highest BCUT2D eigenvalue weighted by Crippen LogP contribution is 2.26. The predicted octanol–water partition coefficient (Wildman–Crippen LogP) is 4.87. The number of carbonyl (C=O) groups is 1. The number of amides is 1. The number of nitro benzene ring substituents is 1. The first-order valence-corrected chi connectivity index (χ1v) is 8.52. The van der Waals surface area contributed by atoms with Crippen LogP contribution in [0.25, 0.3) is 0 Å². The average molecular weight is 372 g/mol. The Hall–Kier alpha value is -3.13. The Morgan fingerprint density at radius 1 is 1.19 bits per heavy atom. The van der Waals surface area contributed by atoms with E-state index < -0.39 is 22.3 Å². The zero-order chi connectivity index (χ0) is 18.5. The van der Waals surface area contributed by atoms with Crippen LogP contribution in [0.3, 0.4) is 0 Å². The number of nitro groups is 1. The lowest BCUT2D eigenvalue weighted by molar-refractivity contribution is -0.387. The lowest BCUT2D eigenvalue weighted by Gasteiger charge is -2.06. The van der Waals surface area contributed by atoms with E-state index in [4.69, 9.17) is 4.42 Å². The van der Waals surface area contributed by atoms with Crippen LogP contribution < -0.4 is 5.32 Å². The van der Waals surface area contributed by atoms with Gasteiger partial charge in [-0.3, -0.25) is 14.9 Å². The van der Waals surface area contributed by atoms with Gasteiger partial charge in [0, 0.05) is 28.0 Å². The maximum absolute atomic E-state index is 13.4. The van der Waals surface area contributed by atoms with Gasteiger partial charge in [-0.1, -0.05) is 18.2 Å². The van der Waals surface area contributed by atoms with E-state index in [9.17, 15) is 19.3 Å². The van der Waals surface area contributed by atoms with Gasteiger partial charge in [-0.25, -0.2) is 0 Å². The minimum Gasteiger partial charge on any atom is -0.459 e. The van der Waals surface area contributed by atoms with E-state index in [1.54, 1.807) is 17.8 Å². The summed E-state index contributed by atoms with van der Waals surface area (Å²) in [5.41, 5.74) is 0.0937. The highest BCUT2D eigenvalue weighted by molar-refractivity contribution is 7.98. The molecule has 1 amide bonds. The molecule has 132 valence electrons. The summed E-state index contributed by atoms with van der Waals surface area (Å²) in [5.74, 6) is -0.891. The van der Waals surface area contributed by atoms with Gasteiger partial charge in [-0.15, -0.1) is 11.8 Å². The highest BCUT2D eigenvalue weighted by Gasteiger charge is 2.19. The van der Waals surface area contributed by atoms with Crippen molar-refractivity contribution < 1.29 is 18.5 Å². The van der Waals surface area contributed by atoms with Gasteiger partial charge < -0.3 is 9.73 Å². The standard InChI is InChI=1S/C18H13FN2O4S/c19-15-7-6-13(10-16(15)21(23)24)20-18(22)17-12(8-9-25-17)11-26-14-4-2-1-3-5-14/h1-10H,11H2,(H,20,22). The van der Waals surface area contributed by atoms with Gasteiger partial charge in [-0.2, -0.15) is 4.39 Å². The van der Waals surface area contributed by atoms with Crippen molar-refractivity contribution in [3.05, 3.63) is 88.1 Å². The Labute approximate surface area is 152 Å². The zero-order valence-corrected chi connectivity index (χ0v) is 14.2. The van der Waals surface area contributed by atoms with Crippen LogP contribution in [0.4, 0.5) is 15.8 Å². The zero-order valence-electron chi connectivity index (χ0n) is 13.3. The van der Waals surface area contributed by atoms with Gasteiger partial charge in [-0.05, 0) is 30.3 Å². The number of benzene rings is 2. The third kappa shape index (κ3) is 4.09. The molecule has 0 aliphatic rings. The summed E-state index contributed by atoms with van der Waals surface area (Å²) in [4.78, 5) is 23.4. The first-order valence-electron chi connectivity index (χ1n) is 7.54. The molecule has 26 heavy (non-hydrogen) atoms. The molecule has 1 N–H and O–H groups in total. The number of hydrogen-bond acceptors (Lipinski definition) is 5. The summed E-state index contributed by atoms with van der Waals surface area (Å²) in [7, 11) is 0. The van der Waals surface area contributed by atoms with E-state index in [0.29, 0.717) is 11.3 Å². The molecule has 3 rings (SSSR count). The van der Waals surface area contributed by atoms with Crippen LogP contribution in [0.1, 0.15) is 16.1 Å². The summed E-state index contributed by atoms with van der Waals surface area (Å²) in [6, 6.07) is 14.5. The molecule has 0 spiro atoms. The molecule has 0 saturated carbocycles. The van der Waals surface area contributed by atoms with E-state index in [2.05, 4.69) is 5.32 Å². The molecule has 0 aliphatic carbocycles. The van der Waals surface area contributed by atoms with Gasteiger partial charge in [0.2, 0.25) is 5.82 Å². The monoisotopic (exact) mass is 372 g/mol. The number of anilines is 1. The number of rotatable bonds is 6. The average Bonchev–Trinajstić information content (AvgIpc) is 3.11. The second kappa shape index (κ2) is 7.83. The molecule has 0 unspecified atom stereocenters. The van der Waals surface area contributed by atoms with Crippen molar-refractivity contribution >= 4 is 29.0 Å². The lowest BCUT2D eigenvalue weighted by atomic mass is 10.2. The smallest absolute Gasteiger partial charge is 0.306 e. The summed E-state index contributed by atoms with van der Waals surface area (Å²) in [6.45, 7) is 0. The van der Waals surface area contributed by atoms with Crippen LogP contribution in [-0.4, -0.2) is 10.8 Å². The van der Waals surface area contributed by atoms with Crippen LogP contribution in [-0.2, 0) is 5.75 Å². The van der Waals surface area contributed by atoms with Gasteiger partial charge in [0.05, 0.1) is 11.2 Å². The lowest BCUT2D eigenvalue weighted by Crippen LogP contribution is -2.13. The molecule has 6 nitrogen and oxygen atoms in total. The van der Waals surface area contributed by atoms with Crippen molar-refractivity contribution in [3.8, 4) is 0 Å². The summed E-state index contributed by atoms with van der Waals surface area (Å²) >= 11 is 1.55. The first kappa shape index (κ1) is 17.7. The van der Waals surface area contributed by atoms with Crippen LogP contribution in [0.5, 0.6) is 0 Å².